The number of carbonyl (C=O) groups excluding carboxylic acids is 2. The van der Waals surface area contributed by atoms with Crippen molar-refractivity contribution in [1.29, 1.82) is 0 Å². The molecule has 0 spiro atoms. The average molecular weight is 616 g/mol. The molecule has 3 amide bonds. The summed E-state index contributed by atoms with van der Waals surface area (Å²) < 4.78 is 85.4. The summed E-state index contributed by atoms with van der Waals surface area (Å²) >= 11 is 0. The molecule has 0 radical (unpaired) electrons. The molecule has 41 heavy (non-hydrogen) atoms. The van der Waals surface area contributed by atoms with Gasteiger partial charge in [-0.15, -0.1) is 0 Å². The van der Waals surface area contributed by atoms with E-state index in [0.717, 1.165) is 21.3 Å². The van der Waals surface area contributed by atoms with Crippen LogP contribution in [0.25, 0.3) is 0 Å². The van der Waals surface area contributed by atoms with Gasteiger partial charge in [0.15, 0.2) is 0 Å². The van der Waals surface area contributed by atoms with Crippen LogP contribution in [0, 0.1) is 11.6 Å². The molecule has 0 saturated heterocycles. The molecule has 10 nitrogen and oxygen atoms in total. The minimum absolute atomic E-state index is 0. The summed E-state index contributed by atoms with van der Waals surface area (Å²) in [4.78, 5) is 31.3. The average Bonchev–Trinajstić information content (AvgIpc) is 3.32. The number of nitrogens with zero attached hydrogens (tertiary/aromatic N) is 3. The summed E-state index contributed by atoms with van der Waals surface area (Å²) in [5.41, 5.74) is 0.878. The third-order valence-corrected chi connectivity index (χ3v) is 7.32. The lowest BCUT2D eigenvalue weighted by Crippen LogP contribution is -2.54. The first-order chi connectivity index (χ1) is 18.9. The van der Waals surface area contributed by atoms with E-state index in [-0.39, 0.29) is 42.9 Å². The number of halogens is 4. The van der Waals surface area contributed by atoms with Crippen LogP contribution in [0.4, 0.5) is 33.9 Å². The standard InChI is InChI=1S/C25H23F4N5O5S.H2S/c1-33(19-4-6-20(7-5-19)39-24(28)29)23(35)21(13-15-11-17(26)14-18(27)12-15)31-25(36)32-40(37,38)34-10-8-16-3-2-9-30-22(16)34;/h2-7,9,11-12,14,21,24H,8,10,13H2,1H3,(H2,31,32,36);1H2/t21-;/m0./s1. The number of fused-ring (bicyclic) bond motifs is 1. The lowest BCUT2D eigenvalue weighted by Gasteiger charge is -2.26. The van der Waals surface area contributed by atoms with Crippen molar-refractivity contribution in [2.45, 2.75) is 25.5 Å². The minimum Gasteiger partial charge on any atom is -0.435 e. The number of hydrogen-bond acceptors (Lipinski definition) is 6. The van der Waals surface area contributed by atoms with Crippen LogP contribution in [-0.2, 0) is 27.8 Å². The molecular weight excluding hydrogens is 590 g/mol. The smallest absolute Gasteiger partial charge is 0.387 e. The summed E-state index contributed by atoms with van der Waals surface area (Å²) in [5, 5.41) is 2.26. The Hall–Kier alpha value is -4.05. The van der Waals surface area contributed by atoms with Gasteiger partial charge in [-0.3, -0.25) is 4.79 Å². The number of ether oxygens (including phenoxy) is 1. The van der Waals surface area contributed by atoms with Gasteiger partial charge >= 0.3 is 22.9 Å². The van der Waals surface area contributed by atoms with Crippen LogP contribution in [0.3, 0.4) is 0 Å². The Balaban J connectivity index is 0.00000462. The number of carbonyl (C=O) groups is 2. The second-order valence-corrected chi connectivity index (χ2v) is 10.3. The molecule has 3 aromatic rings. The number of anilines is 2. The van der Waals surface area contributed by atoms with Crippen LogP contribution in [0.1, 0.15) is 11.1 Å². The number of rotatable bonds is 9. The third kappa shape index (κ3) is 7.79. The number of pyridine rings is 1. The highest BCUT2D eigenvalue weighted by molar-refractivity contribution is 7.91. The molecule has 1 atom stereocenters. The van der Waals surface area contributed by atoms with E-state index >= 15 is 0 Å². The topological polar surface area (TPSA) is 121 Å². The number of benzene rings is 2. The fourth-order valence-electron chi connectivity index (χ4n) is 4.15. The van der Waals surface area contributed by atoms with E-state index in [1.54, 1.807) is 12.1 Å². The molecule has 220 valence electrons. The first-order valence-electron chi connectivity index (χ1n) is 11.8. The van der Waals surface area contributed by atoms with Crippen LogP contribution < -0.4 is 24.0 Å². The molecule has 1 aliphatic heterocycles. The zero-order valence-corrected chi connectivity index (χ0v) is 23.2. The molecule has 0 fully saturated rings. The van der Waals surface area contributed by atoms with Gasteiger partial charge in [-0.05, 0) is 60.0 Å². The summed E-state index contributed by atoms with van der Waals surface area (Å²) in [6.07, 6.45) is 1.37. The SMILES string of the molecule is CN(C(=O)[C@H](Cc1cc(F)cc(F)c1)NC(=O)NS(=O)(=O)N1CCc2cccnc21)c1ccc(OC(F)F)cc1.S. The molecule has 4 rings (SSSR count). The maximum absolute atomic E-state index is 13.8. The Morgan fingerprint density at radius 3 is 2.39 bits per heavy atom. The first-order valence-corrected chi connectivity index (χ1v) is 13.2. The number of aromatic nitrogens is 1. The Morgan fingerprint density at radius 2 is 1.76 bits per heavy atom. The van der Waals surface area contributed by atoms with Gasteiger partial charge in [0.05, 0.1) is 0 Å². The van der Waals surface area contributed by atoms with E-state index in [4.69, 9.17) is 0 Å². The summed E-state index contributed by atoms with van der Waals surface area (Å²) in [7, 11) is -3.12. The fourth-order valence-corrected chi connectivity index (χ4v) is 5.28. The Morgan fingerprint density at radius 1 is 1.10 bits per heavy atom. The quantitative estimate of drug-likeness (QED) is 0.357. The van der Waals surface area contributed by atoms with Crippen molar-refractivity contribution in [3.8, 4) is 5.75 Å². The zero-order chi connectivity index (χ0) is 29.0. The highest BCUT2D eigenvalue weighted by atomic mass is 32.2. The number of nitrogens with one attached hydrogen (secondary N) is 2. The van der Waals surface area contributed by atoms with Crippen molar-refractivity contribution in [2.24, 2.45) is 0 Å². The van der Waals surface area contributed by atoms with Gasteiger partial charge in [0, 0.05) is 38.0 Å². The van der Waals surface area contributed by atoms with E-state index in [2.05, 4.69) is 15.0 Å². The molecule has 2 aromatic carbocycles. The zero-order valence-electron chi connectivity index (χ0n) is 21.4. The number of amides is 3. The van der Waals surface area contributed by atoms with Crippen molar-refractivity contribution in [1.82, 2.24) is 15.0 Å². The van der Waals surface area contributed by atoms with Gasteiger partial charge in [0.2, 0.25) is 5.91 Å². The van der Waals surface area contributed by atoms with Gasteiger partial charge < -0.3 is 15.0 Å². The van der Waals surface area contributed by atoms with E-state index in [0.29, 0.717) is 18.1 Å². The number of likely N-dealkylation sites (N-methyl/N-ethyl adjacent to an activating group) is 1. The molecule has 0 unspecified atom stereocenters. The van der Waals surface area contributed by atoms with Crippen molar-refractivity contribution in [2.75, 3.05) is 22.8 Å². The number of urea groups is 1. The van der Waals surface area contributed by atoms with Crippen LogP contribution in [0.2, 0.25) is 0 Å². The normalized spacial score (nSPS) is 13.2. The molecular formula is C25H25F4N5O5S2. The second kappa shape index (κ2) is 13.1. The van der Waals surface area contributed by atoms with Crippen LogP contribution >= 0.6 is 13.5 Å². The molecule has 2 heterocycles. The third-order valence-electron chi connectivity index (χ3n) is 5.95. The highest BCUT2D eigenvalue weighted by Gasteiger charge is 2.33. The fraction of sp³-hybridized carbons (Fsp3) is 0.240. The van der Waals surface area contributed by atoms with Crippen molar-refractivity contribution in [3.05, 3.63) is 83.6 Å². The first kappa shape index (κ1) is 31.5. The van der Waals surface area contributed by atoms with Gasteiger partial charge in [-0.25, -0.2) is 27.6 Å². The van der Waals surface area contributed by atoms with E-state index in [1.807, 2.05) is 4.72 Å². The Kier molecular flexibility index (Phi) is 10.0. The monoisotopic (exact) mass is 615 g/mol. The van der Waals surface area contributed by atoms with E-state index in [9.17, 15) is 35.6 Å². The van der Waals surface area contributed by atoms with E-state index < -0.39 is 52.9 Å². The molecule has 0 saturated carbocycles. The minimum atomic E-state index is -4.43. The second-order valence-electron chi connectivity index (χ2n) is 8.69. The molecule has 0 aliphatic carbocycles. The Bertz CT molecular complexity index is 1490. The number of alkyl halides is 2. The van der Waals surface area contributed by atoms with Crippen LogP contribution in [0.15, 0.2) is 60.8 Å². The van der Waals surface area contributed by atoms with E-state index in [1.165, 1.54) is 37.5 Å². The molecule has 16 heteroatoms. The molecule has 2 N–H and O–H groups in total. The number of hydrogen-bond donors (Lipinski definition) is 2. The molecule has 0 bridgehead atoms. The maximum atomic E-state index is 13.8. The van der Waals surface area contributed by atoms with Gasteiger partial charge in [0.25, 0.3) is 0 Å². The van der Waals surface area contributed by atoms with Crippen LogP contribution in [-0.4, -0.2) is 51.6 Å². The molecule has 1 aromatic heterocycles. The maximum Gasteiger partial charge on any atom is 0.387 e. The predicted octanol–water partition coefficient (Wildman–Crippen LogP) is 3.25. The van der Waals surface area contributed by atoms with Crippen molar-refractivity contribution in [3.63, 3.8) is 0 Å². The van der Waals surface area contributed by atoms with Crippen LogP contribution in [0.5, 0.6) is 5.75 Å². The lowest BCUT2D eigenvalue weighted by molar-refractivity contribution is -0.120. The summed E-state index contributed by atoms with van der Waals surface area (Å²) in [6.45, 7) is -3.02. The van der Waals surface area contributed by atoms with Gasteiger partial charge in [-0.2, -0.15) is 30.7 Å². The summed E-state index contributed by atoms with van der Waals surface area (Å²) in [5.74, 6) is -2.64. The summed E-state index contributed by atoms with van der Waals surface area (Å²) in [6, 6.07) is 8.12. The lowest BCUT2D eigenvalue weighted by atomic mass is 10.0. The largest absolute Gasteiger partial charge is 0.435 e. The van der Waals surface area contributed by atoms with Gasteiger partial charge in [-0.1, -0.05) is 6.07 Å². The van der Waals surface area contributed by atoms with Crippen molar-refractivity contribution >= 4 is 47.1 Å². The Labute approximate surface area is 239 Å². The van der Waals surface area contributed by atoms with Crippen molar-refractivity contribution < 1.29 is 40.3 Å². The van der Waals surface area contributed by atoms with Gasteiger partial charge in [0.1, 0.15) is 29.2 Å². The molecule has 1 aliphatic rings. The highest BCUT2D eigenvalue weighted by Crippen LogP contribution is 2.27. The predicted molar refractivity (Wildman–Crippen MR) is 147 cm³/mol.